The van der Waals surface area contributed by atoms with Crippen LogP contribution in [0, 0.1) is 5.41 Å². The topological polar surface area (TPSA) is 61.4 Å². The molecule has 2 N–H and O–H groups in total. The van der Waals surface area contributed by atoms with Crippen LogP contribution in [0.5, 0.6) is 0 Å². The van der Waals surface area contributed by atoms with Gasteiger partial charge in [-0.1, -0.05) is 20.8 Å². The number of carbonyl (C=O) groups is 2. The third-order valence-electron chi connectivity index (χ3n) is 3.48. The molecular weight excluding hydrogens is 242 g/mol. The predicted molar refractivity (Wildman–Crippen MR) is 75.7 cm³/mol. The molecule has 0 aliphatic carbocycles. The third kappa shape index (κ3) is 5.19. The van der Waals surface area contributed by atoms with E-state index >= 15 is 0 Å². The van der Waals surface area contributed by atoms with E-state index in [0.29, 0.717) is 19.0 Å². The molecule has 110 valence electrons. The summed E-state index contributed by atoms with van der Waals surface area (Å²) in [5.41, 5.74) is -0.0516. The van der Waals surface area contributed by atoms with Gasteiger partial charge in [0.1, 0.15) is 0 Å². The zero-order valence-electron chi connectivity index (χ0n) is 12.7. The molecule has 2 atom stereocenters. The largest absolute Gasteiger partial charge is 0.347 e. The standard InChI is InChI=1S/C14H27N3O2/c1-10-11(2)17(7-6-15-10)13(19)9-16-12(18)8-14(3,4)5/h10-11,15H,6-9H2,1-5H3,(H,16,18). The molecule has 5 nitrogen and oxygen atoms in total. The van der Waals surface area contributed by atoms with Crippen LogP contribution in [0.4, 0.5) is 0 Å². The lowest BCUT2D eigenvalue weighted by molar-refractivity contribution is -0.136. The molecule has 0 spiro atoms. The minimum atomic E-state index is -0.0586. The number of amides is 2. The number of nitrogens with zero attached hydrogens (tertiary/aromatic N) is 1. The second-order valence-electron chi connectivity index (χ2n) is 6.58. The minimum absolute atomic E-state index is 0.00288. The van der Waals surface area contributed by atoms with Crippen LogP contribution in [0.2, 0.25) is 0 Å². The van der Waals surface area contributed by atoms with Crippen LogP contribution in [-0.2, 0) is 9.59 Å². The summed E-state index contributed by atoms with van der Waals surface area (Å²) in [6.07, 6.45) is 0.438. The molecule has 0 aromatic heterocycles. The van der Waals surface area contributed by atoms with Crippen molar-refractivity contribution >= 4 is 11.8 Å². The molecule has 0 aromatic carbocycles. The third-order valence-corrected chi connectivity index (χ3v) is 3.48. The van der Waals surface area contributed by atoms with E-state index in [1.54, 1.807) is 0 Å². The van der Waals surface area contributed by atoms with Crippen molar-refractivity contribution in [1.29, 1.82) is 0 Å². The van der Waals surface area contributed by atoms with Gasteiger partial charge in [0.05, 0.1) is 6.54 Å². The summed E-state index contributed by atoms with van der Waals surface area (Å²) >= 11 is 0. The molecule has 0 saturated carbocycles. The molecule has 0 bridgehead atoms. The molecular formula is C14H27N3O2. The average molecular weight is 269 g/mol. The van der Waals surface area contributed by atoms with Crippen LogP contribution in [0.3, 0.4) is 0 Å². The molecule has 1 aliphatic heterocycles. The van der Waals surface area contributed by atoms with Gasteiger partial charge in [0.15, 0.2) is 0 Å². The van der Waals surface area contributed by atoms with Crippen LogP contribution in [0.1, 0.15) is 41.0 Å². The molecule has 5 heteroatoms. The number of rotatable bonds is 3. The van der Waals surface area contributed by atoms with Crippen molar-refractivity contribution < 1.29 is 9.59 Å². The Kier molecular flexibility index (Phi) is 5.35. The van der Waals surface area contributed by atoms with Crippen molar-refractivity contribution in [2.45, 2.75) is 53.1 Å². The van der Waals surface area contributed by atoms with E-state index in [1.807, 2.05) is 32.6 Å². The number of nitrogens with one attached hydrogen (secondary N) is 2. The lowest BCUT2D eigenvalue weighted by Gasteiger charge is -2.38. The first-order valence-corrected chi connectivity index (χ1v) is 7.00. The van der Waals surface area contributed by atoms with Gasteiger partial charge in [-0.2, -0.15) is 0 Å². The van der Waals surface area contributed by atoms with E-state index in [9.17, 15) is 9.59 Å². The molecule has 1 heterocycles. The first-order chi connectivity index (χ1) is 8.70. The second kappa shape index (κ2) is 6.37. The van der Waals surface area contributed by atoms with Crippen LogP contribution >= 0.6 is 0 Å². The molecule has 0 radical (unpaired) electrons. The van der Waals surface area contributed by atoms with E-state index in [0.717, 1.165) is 6.54 Å². The Morgan fingerprint density at radius 2 is 1.95 bits per heavy atom. The summed E-state index contributed by atoms with van der Waals surface area (Å²) in [7, 11) is 0. The maximum absolute atomic E-state index is 12.1. The number of piperazine rings is 1. The molecule has 1 fully saturated rings. The fraction of sp³-hybridized carbons (Fsp3) is 0.857. The molecule has 1 rings (SSSR count). The highest BCUT2D eigenvalue weighted by Gasteiger charge is 2.28. The van der Waals surface area contributed by atoms with Crippen LogP contribution in [0.15, 0.2) is 0 Å². The van der Waals surface area contributed by atoms with Crippen molar-refractivity contribution in [3.05, 3.63) is 0 Å². The predicted octanol–water partition coefficient (Wildman–Crippen LogP) is 0.748. The molecule has 2 unspecified atom stereocenters. The van der Waals surface area contributed by atoms with E-state index in [4.69, 9.17) is 0 Å². The highest BCUT2D eigenvalue weighted by molar-refractivity contribution is 5.85. The summed E-state index contributed by atoms with van der Waals surface area (Å²) in [6.45, 7) is 11.8. The van der Waals surface area contributed by atoms with E-state index in [1.165, 1.54) is 0 Å². The normalized spacial score (nSPS) is 24.2. The molecule has 2 amide bonds. The van der Waals surface area contributed by atoms with Gasteiger partial charge in [-0.3, -0.25) is 9.59 Å². The first kappa shape index (κ1) is 16.0. The van der Waals surface area contributed by atoms with Gasteiger partial charge in [-0.15, -0.1) is 0 Å². The van der Waals surface area contributed by atoms with Gasteiger partial charge in [-0.05, 0) is 19.3 Å². The number of hydrogen-bond donors (Lipinski definition) is 2. The maximum atomic E-state index is 12.1. The number of carbonyl (C=O) groups excluding carboxylic acids is 2. The Balaban J connectivity index is 2.41. The Labute approximate surface area is 116 Å². The fourth-order valence-electron chi connectivity index (χ4n) is 2.23. The Morgan fingerprint density at radius 1 is 1.32 bits per heavy atom. The lowest BCUT2D eigenvalue weighted by Crippen LogP contribution is -2.58. The summed E-state index contributed by atoms with van der Waals surface area (Å²) in [4.78, 5) is 25.7. The summed E-state index contributed by atoms with van der Waals surface area (Å²) < 4.78 is 0. The smallest absolute Gasteiger partial charge is 0.242 e. The zero-order chi connectivity index (χ0) is 14.6. The average Bonchev–Trinajstić information content (AvgIpc) is 2.27. The van der Waals surface area contributed by atoms with Crippen LogP contribution in [0.25, 0.3) is 0 Å². The van der Waals surface area contributed by atoms with E-state index in [2.05, 4.69) is 17.6 Å². The Hall–Kier alpha value is -1.10. The van der Waals surface area contributed by atoms with Crippen molar-refractivity contribution in [2.24, 2.45) is 5.41 Å². The maximum Gasteiger partial charge on any atom is 0.242 e. The highest BCUT2D eigenvalue weighted by atomic mass is 16.2. The van der Waals surface area contributed by atoms with Crippen molar-refractivity contribution in [3.8, 4) is 0 Å². The van der Waals surface area contributed by atoms with Gasteiger partial charge in [-0.25, -0.2) is 0 Å². The highest BCUT2D eigenvalue weighted by Crippen LogP contribution is 2.17. The van der Waals surface area contributed by atoms with Crippen LogP contribution in [-0.4, -0.2) is 48.4 Å². The quantitative estimate of drug-likeness (QED) is 0.795. The first-order valence-electron chi connectivity index (χ1n) is 7.00. The van der Waals surface area contributed by atoms with Crippen molar-refractivity contribution in [1.82, 2.24) is 15.5 Å². The molecule has 0 aromatic rings. The Bertz CT molecular complexity index is 336. The monoisotopic (exact) mass is 269 g/mol. The molecule has 19 heavy (non-hydrogen) atoms. The van der Waals surface area contributed by atoms with Gasteiger partial charge >= 0.3 is 0 Å². The minimum Gasteiger partial charge on any atom is -0.347 e. The van der Waals surface area contributed by atoms with Gasteiger partial charge in [0.2, 0.25) is 11.8 Å². The van der Waals surface area contributed by atoms with Crippen molar-refractivity contribution in [2.75, 3.05) is 19.6 Å². The van der Waals surface area contributed by atoms with Gasteiger partial charge in [0.25, 0.3) is 0 Å². The van der Waals surface area contributed by atoms with E-state index < -0.39 is 0 Å². The van der Waals surface area contributed by atoms with E-state index in [-0.39, 0.29) is 29.8 Å². The summed E-state index contributed by atoms with van der Waals surface area (Å²) in [5.74, 6) is -0.0557. The number of hydrogen-bond acceptors (Lipinski definition) is 3. The van der Waals surface area contributed by atoms with Crippen LogP contribution < -0.4 is 10.6 Å². The summed E-state index contributed by atoms with van der Waals surface area (Å²) in [6, 6.07) is 0.462. The summed E-state index contributed by atoms with van der Waals surface area (Å²) in [5, 5.41) is 6.05. The van der Waals surface area contributed by atoms with Crippen molar-refractivity contribution in [3.63, 3.8) is 0 Å². The van der Waals surface area contributed by atoms with Gasteiger partial charge < -0.3 is 15.5 Å². The molecule has 1 aliphatic rings. The SMILES string of the molecule is CC1NCCN(C(=O)CNC(=O)CC(C)(C)C)C1C. The molecule has 1 saturated heterocycles. The second-order valence-corrected chi connectivity index (χ2v) is 6.58. The Morgan fingerprint density at radius 3 is 2.53 bits per heavy atom. The zero-order valence-corrected chi connectivity index (χ0v) is 12.7. The fourth-order valence-corrected chi connectivity index (χ4v) is 2.23. The lowest BCUT2D eigenvalue weighted by atomic mass is 9.92. The van der Waals surface area contributed by atoms with Gasteiger partial charge in [0, 0.05) is 31.6 Å².